The monoisotopic (exact) mass is 351 g/mol. The summed E-state index contributed by atoms with van der Waals surface area (Å²) in [6, 6.07) is -1.05. The fourth-order valence-corrected chi connectivity index (χ4v) is 4.46. The van der Waals surface area contributed by atoms with Crippen LogP contribution in [-0.4, -0.2) is 49.1 Å². The molecule has 2 heterocycles. The Hall–Kier alpha value is -1.63. The van der Waals surface area contributed by atoms with Gasteiger partial charge in [0.15, 0.2) is 0 Å². The number of methoxy groups -OCH3 is 1. The number of hydrogen-bond acceptors (Lipinski definition) is 5. The van der Waals surface area contributed by atoms with Crippen molar-refractivity contribution in [1.82, 2.24) is 16.0 Å². The normalized spacial score (nSPS) is 30.4. The molecule has 25 heavy (non-hydrogen) atoms. The zero-order chi connectivity index (χ0) is 18.2. The lowest BCUT2D eigenvalue weighted by Crippen LogP contribution is -2.49. The van der Waals surface area contributed by atoms with E-state index in [1.807, 2.05) is 13.8 Å². The molecule has 0 radical (unpaired) electrons. The van der Waals surface area contributed by atoms with Gasteiger partial charge in [0.05, 0.1) is 13.2 Å². The lowest BCUT2D eigenvalue weighted by atomic mass is 9.67. The summed E-state index contributed by atoms with van der Waals surface area (Å²) in [4.78, 5) is 36.9. The molecule has 3 atom stereocenters. The van der Waals surface area contributed by atoms with Crippen molar-refractivity contribution in [3.63, 3.8) is 0 Å². The highest BCUT2D eigenvalue weighted by Crippen LogP contribution is 2.47. The molecule has 1 saturated carbocycles. The third-order valence-corrected chi connectivity index (χ3v) is 6.00. The van der Waals surface area contributed by atoms with Gasteiger partial charge in [0.2, 0.25) is 11.8 Å². The summed E-state index contributed by atoms with van der Waals surface area (Å²) < 4.78 is 4.84. The zero-order valence-corrected chi connectivity index (χ0v) is 15.3. The molecule has 0 aromatic carbocycles. The Balaban J connectivity index is 1.60. The van der Waals surface area contributed by atoms with Crippen molar-refractivity contribution in [3.8, 4) is 0 Å². The molecule has 1 aliphatic carbocycles. The van der Waals surface area contributed by atoms with Crippen LogP contribution in [0.5, 0.6) is 0 Å². The number of ether oxygens (including phenoxy) is 1. The van der Waals surface area contributed by atoms with Crippen molar-refractivity contribution in [3.05, 3.63) is 0 Å². The molecule has 7 heteroatoms. The van der Waals surface area contributed by atoms with E-state index >= 15 is 0 Å². The molecule has 1 unspecified atom stereocenters. The molecule has 2 amide bonds. The Morgan fingerprint density at radius 1 is 1.32 bits per heavy atom. The highest BCUT2D eigenvalue weighted by Gasteiger charge is 2.46. The molecule has 3 aliphatic rings. The Labute approximate surface area is 148 Å². The highest BCUT2D eigenvalue weighted by molar-refractivity contribution is 5.89. The second-order valence-electron chi connectivity index (χ2n) is 8.59. The summed E-state index contributed by atoms with van der Waals surface area (Å²) in [5.41, 5.74) is -0.00578. The van der Waals surface area contributed by atoms with Crippen LogP contribution in [-0.2, 0) is 19.1 Å². The van der Waals surface area contributed by atoms with Gasteiger partial charge in [0, 0.05) is 18.0 Å². The summed E-state index contributed by atoms with van der Waals surface area (Å²) in [6.45, 7) is 4.78. The van der Waals surface area contributed by atoms with Gasteiger partial charge in [-0.1, -0.05) is 6.42 Å². The highest BCUT2D eigenvalue weighted by atomic mass is 16.5. The topological polar surface area (TPSA) is 96.5 Å². The van der Waals surface area contributed by atoms with Crippen LogP contribution < -0.4 is 16.0 Å². The Morgan fingerprint density at radius 3 is 2.52 bits per heavy atom. The zero-order valence-electron chi connectivity index (χ0n) is 15.3. The fraction of sp³-hybridized carbons (Fsp3) is 0.833. The lowest BCUT2D eigenvalue weighted by molar-refractivity contribution is -0.146. The van der Waals surface area contributed by atoms with E-state index in [1.54, 1.807) is 0 Å². The van der Waals surface area contributed by atoms with E-state index in [1.165, 1.54) is 26.4 Å². The van der Waals surface area contributed by atoms with E-state index in [0.717, 1.165) is 13.0 Å². The van der Waals surface area contributed by atoms with Crippen LogP contribution >= 0.6 is 0 Å². The first-order valence-electron chi connectivity index (χ1n) is 9.17. The molecule has 0 aromatic heterocycles. The van der Waals surface area contributed by atoms with Crippen molar-refractivity contribution in [1.29, 1.82) is 0 Å². The SMILES string of the molecule is COC(=O)[C@H](C[C@@H]1CC(C)(C)NC1=O)NC(=O)C1CC2(CCC2)CN1. The van der Waals surface area contributed by atoms with E-state index in [-0.39, 0.29) is 41.1 Å². The van der Waals surface area contributed by atoms with E-state index in [2.05, 4.69) is 16.0 Å². The first-order chi connectivity index (χ1) is 11.7. The summed E-state index contributed by atoms with van der Waals surface area (Å²) in [7, 11) is 1.30. The standard InChI is InChI=1S/C18H29N3O4/c1-17(2)8-11(14(22)21-17)7-12(16(24)25-3)20-15(23)13-9-18(10-19-13)5-4-6-18/h11-13,19H,4-10H2,1-3H3,(H,20,23)(H,21,22)/t11-,12+,13?/m1/s1. The van der Waals surface area contributed by atoms with Crippen LogP contribution in [0.15, 0.2) is 0 Å². The maximum absolute atomic E-state index is 12.6. The van der Waals surface area contributed by atoms with E-state index in [0.29, 0.717) is 6.42 Å². The number of esters is 1. The molecule has 2 aliphatic heterocycles. The van der Waals surface area contributed by atoms with E-state index in [4.69, 9.17) is 4.74 Å². The smallest absolute Gasteiger partial charge is 0.328 e. The summed E-state index contributed by atoms with van der Waals surface area (Å²) in [6.07, 6.45) is 5.30. The Bertz CT molecular complexity index is 571. The van der Waals surface area contributed by atoms with Gasteiger partial charge in [-0.25, -0.2) is 4.79 Å². The fourth-order valence-electron chi connectivity index (χ4n) is 4.46. The second-order valence-corrected chi connectivity index (χ2v) is 8.59. The maximum Gasteiger partial charge on any atom is 0.328 e. The summed E-state index contributed by atoms with van der Waals surface area (Å²) in [5.74, 6) is -1.03. The quantitative estimate of drug-likeness (QED) is 0.626. The Morgan fingerprint density at radius 2 is 2.04 bits per heavy atom. The van der Waals surface area contributed by atoms with Gasteiger partial charge < -0.3 is 20.7 Å². The number of nitrogens with one attached hydrogen (secondary N) is 3. The van der Waals surface area contributed by atoms with Crippen LogP contribution in [0.3, 0.4) is 0 Å². The third kappa shape index (κ3) is 3.81. The number of hydrogen-bond donors (Lipinski definition) is 3. The number of rotatable bonds is 5. The molecule has 0 aromatic rings. The van der Waals surface area contributed by atoms with Crippen molar-refractivity contribution in [2.75, 3.05) is 13.7 Å². The van der Waals surface area contributed by atoms with Gasteiger partial charge in [0.25, 0.3) is 0 Å². The summed E-state index contributed by atoms with van der Waals surface area (Å²) in [5, 5.41) is 9.02. The predicted molar refractivity (Wildman–Crippen MR) is 91.6 cm³/mol. The molecule has 140 valence electrons. The van der Waals surface area contributed by atoms with Crippen molar-refractivity contribution in [2.45, 2.75) is 70.0 Å². The minimum absolute atomic E-state index is 0.0689. The van der Waals surface area contributed by atoms with Gasteiger partial charge in [0.1, 0.15) is 6.04 Å². The molecular weight excluding hydrogens is 322 g/mol. The van der Waals surface area contributed by atoms with Crippen LogP contribution in [0.25, 0.3) is 0 Å². The average Bonchev–Trinajstić information content (AvgIpc) is 3.07. The molecule has 1 spiro atoms. The first-order valence-corrected chi connectivity index (χ1v) is 9.17. The van der Waals surface area contributed by atoms with Gasteiger partial charge in [-0.05, 0) is 51.4 Å². The molecule has 2 saturated heterocycles. The van der Waals surface area contributed by atoms with Crippen LogP contribution in [0.2, 0.25) is 0 Å². The van der Waals surface area contributed by atoms with Gasteiger partial charge in [-0.2, -0.15) is 0 Å². The average molecular weight is 351 g/mol. The van der Waals surface area contributed by atoms with E-state index < -0.39 is 12.0 Å². The minimum Gasteiger partial charge on any atom is -0.467 e. The van der Waals surface area contributed by atoms with Crippen LogP contribution in [0.4, 0.5) is 0 Å². The van der Waals surface area contributed by atoms with Crippen molar-refractivity contribution in [2.24, 2.45) is 11.3 Å². The van der Waals surface area contributed by atoms with Crippen LogP contribution in [0.1, 0.15) is 52.4 Å². The second kappa shape index (κ2) is 6.59. The maximum atomic E-state index is 12.6. The Kier molecular flexibility index (Phi) is 4.79. The van der Waals surface area contributed by atoms with E-state index in [9.17, 15) is 14.4 Å². The van der Waals surface area contributed by atoms with Gasteiger partial charge in [-0.15, -0.1) is 0 Å². The lowest BCUT2D eigenvalue weighted by Gasteiger charge is -2.37. The molecular formula is C18H29N3O4. The van der Waals surface area contributed by atoms with Crippen LogP contribution in [0, 0.1) is 11.3 Å². The third-order valence-electron chi connectivity index (χ3n) is 6.00. The largest absolute Gasteiger partial charge is 0.467 e. The number of carbonyl (C=O) groups excluding carboxylic acids is 3. The molecule has 3 rings (SSSR count). The summed E-state index contributed by atoms with van der Waals surface area (Å²) >= 11 is 0. The molecule has 3 N–H and O–H groups in total. The molecule has 7 nitrogen and oxygen atoms in total. The van der Waals surface area contributed by atoms with Crippen molar-refractivity contribution < 1.29 is 19.1 Å². The first kappa shape index (κ1) is 18.2. The minimum atomic E-state index is -0.790. The van der Waals surface area contributed by atoms with Crippen molar-refractivity contribution >= 4 is 17.8 Å². The van der Waals surface area contributed by atoms with Gasteiger partial charge >= 0.3 is 5.97 Å². The molecule has 3 fully saturated rings. The van der Waals surface area contributed by atoms with Gasteiger partial charge in [-0.3, -0.25) is 9.59 Å². The predicted octanol–water partition coefficient (Wildman–Crippen LogP) is 0.481. The number of amides is 2. The number of carbonyl (C=O) groups is 3. The molecule has 0 bridgehead atoms.